The number of nitrogens with two attached hydrogens (primary N) is 3. The fraction of sp³-hybridized carbons (Fsp3) is 0. The van der Waals surface area contributed by atoms with Crippen LogP contribution in [0.1, 0.15) is 15.9 Å². The van der Waals surface area contributed by atoms with Gasteiger partial charge in [0.25, 0.3) is 0 Å². The lowest BCUT2D eigenvalue weighted by Gasteiger charge is -2.05. The van der Waals surface area contributed by atoms with Crippen LogP contribution in [0.4, 0.5) is 10.1 Å². The Labute approximate surface area is 126 Å². The monoisotopic (exact) mass is 299 g/mol. The van der Waals surface area contributed by atoms with Crippen molar-refractivity contribution in [1.29, 1.82) is 0 Å². The zero-order chi connectivity index (χ0) is 16.1. The molecule has 0 fully saturated rings. The van der Waals surface area contributed by atoms with Gasteiger partial charge in [-0.05, 0) is 36.4 Å². The molecular weight excluding hydrogens is 285 g/mol. The summed E-state index contributed by atoms with van der Waals surface area (Å²) in [6.07, 6.45) is 0. The number of para-hydroxylation sites is 1. The molecule has 0 atom stereocenters. The van der Waals surface area contributed by atoms with Gasteiger partial charge < -0.3 is 17.2 Å². The fourth-order valence-electron chi connectivity index (χ4n) is 1.80. The van der Waals surface area contributed by atoms with Crippen LogP contribution < -0.4 is 17.2 Å². The molecule has 6 nitrogen and oxygen atoms in total. The number of hydrogen-bond donors (Lipinski definition) is 3. The van der Waals surface area contributed by atoms with Gasteiger partial charge in [0.15, 0.2) is 11.7 Å². The number of hydrogen-bond acceptors (Lipinski definition) is 2. The zero-order valence-corrected chi connectivity index (χ0v) is 11.5. The molecule has 0 unspecified atom stereocenters. The lowest BCUT2D eigenvalue weighted by Crippen LogP contribution is -2.26. The van der Waals surface area contributed by atoms with Crippen LogP contribution in [0.2, 0.25) is 0 Å². The van der Waals surface area contributed by atoms with E-state index in [2.05, 4.69) is 9.98 Å². The molecule has 0 radical (unpaired) electrons. The minimum Gasteiger partial charge on any atom is -0.370 e. The van der Waals surface area contributed by atoms with Crippen molar-refractivity contribution in [3.05, 3.63) is 65.5 Å². The number of benzene rings is 2. The predicted molar refractivity (Wildman–Crippen MR) is 83.4 cm³/mol. The van der Waals surface area contributed by atoms with Crippen LogP contribution >= 0.6 is 0 Å². The van der Waals surface area contributed by atoms with Crippen molar-refractivity contribution < 1.29 is 9.18 Å². The van der Waals surface area contributed by atoms with E-state index >= 15 is 0 Å². The van der Waals surface area contributed by atoms with Crippen LogP contribution in [0.3, 0.4) is 0 Å². The van der Waals surface area contributed by atoms with E-state index in [0.717, 1.165) is 0 Å². The van der Waals surface area contributed by atoms with Gasteiger partial charge in [0.2, 0.25) is 5.96 Å². The highest BCUT2D eigenvalue weighted by molar-refractivity contribution is 6.12. The molecule has 2 aromatic rings. The molecule has 0 spiro atoms. The number of carbonyl (C=O) groups is 1. The van der Waals surface area contributed by atoms with Crippen molar-refractivity contribution in [2.45, 2.75) is 0 Å². The van der Waals surface area contributed by atoms with Crippen LogP contribution in [0.5, 0.6) is 0 Å². The van der Waals surface area contributed by atoms with Crippen LogP contribution in [-0.4, -0.2) is 17.7 Å². The summed E-state index contributed by atoms with van der Waals surface area (Å²) in [5, 5.41) is 0. The molecule has 0 saturated carbocycles. The first-order valence-corrected chi connectivity index (χ1v) is 6.30. The van der Waals surface area contributed by atoms with Crippen molar-refractivity contribution in [2.75, 3.05) is 0 Å². The zero-order valence-electron chi connectivity index (χ0n) is 11.5. The van der Waals surface area contributed by atoms with E-state index in [1.807, 2.05) is 0 Å². The summed E-state index contributed by atoms with van der Waals surface area (Å²) in [6.45, 7) is 0. The first kappa shape index (κ1) is 15.2. The molecule has 0 bridgehead atoms. The number of carbonyl (C=O) groups excluding carboxylic acids is 1. The van der Waals surface area contributed by atoms with Crippen molar-refractivity contribution >= 4 is 23.4 Å². The van der Waals surface area contributed by atoms with Crippen molar-refractivity contribution in [3.63, 3.8) is 0 Å². The Hall–Kier alpha value is -3.22. The van der Waals surface area contributed by atoms with E-state index in [0.29, 0.717) is 16.8 Å². The molecule has 0 saturated heterocycles. The van der Waals surface area contributed by atoms with E-state index in [-0.39, 0.29) is 17.7 Å². The molecule has 0 aliphatic rings. The van der Waals surface area contributed by atoms with Gasteiger partial charge >= 0.3 is 0 Å². The van der Waals surface area contributed by atoms with Gasteiger partial charge in [-0.3, -0.25) is 4.79 Å². The largest absolute Gasteiger partial charge is 0.370 e. The van der Waals surface area contributed by atoms with Crippen molar-refractivity contribution in [3.8, 4) is 0 Å². The third-order valence-corrected chi connectivity index (χ3v) is 2.73. The Morgan fingerprint density at radius 2 is 1.59 bits per heavy atom. The van der Waals surface area contributed by atoms with Gasteiger partial charge in [-0.1, -0.05) is 12.1 Å². The summed E-state index contributed by atoms with van der Waals surface area (Å²) in [4.78, 5) is 20.1. The third kappa shape index (κ3) is 3.66. The van der Waals surface area contributed by atoms with Gasteiger partial charge in [-0.25, -0.2) is 9.38 Å². The van der Waals surface area contributed by atoms with Gasteiger partial charge in [-0.2, -0.15) is 4.99 Å². The normalized spacial score (nSPS) is 11.0. The molecule has 2 rings (SSSR count). The molecule has 0 aliphatic heterocycles. The number of ketones is 1. The van der Waals surface area contributed by atoms with Crippen molar-refractivity contribution in [1.82, 2.24) is 0 Å². The average molecular weight is 299 g/mol. The highest BCUT2D eigenvalue weighted by Crippen LogP contribution is 2.22. The second-order valence-corrected chi connectivity index (χ2v) is 4.36. The second kappa shape index (κ2) is 6.49. The molecule has 22 heavy (non-hydrogen) atoms. The van der Waals surface area contributed by atoms with E-state index in [9.17, 15) is 9.18 Å². The fourth-order valence-corrected chi connectivity index (χ4v) is 1.80. The van der Waals surface area contributed by atoms with E-state index in [4.69, 9.17) is 17.2 Å². The highest BCUT2D eigenvalue weighted by atomic mass is 19.1. The number of nitrogens with zero attached hydrogens (tertiary/aromatic N) is 2. The number of aliphatic imine (C=N–C) groups is 2. The van der Waals surface area contributed by atoms with E-state index < -0.39 is 5.82 Å². The molecule has 112 valence electrons. The highest BCUT2D eigenvalue weighted by Gasteiger charge is 2.13. The Kier molecular flexibility index (Phi) is 4.47. The van der Waals surface area contributed by atoms with E-state index in [1.165, 1.54) is 24.3 Å². The second-order valence-electron chi connectivity index (χ2n) is 4.36. The summed E-state index contributed by atoms with van der Waals surface area (Å²) in [5.74, 6) is -1.13. The minimum atomic E-state index is -0.417. The lowest BCUT2D eigenvalue weighted by molar-refractivity contribution is 0.103. The molecule has 0 heterocycles. The van der Waals surface area contributed by atoms with Gasteiger partial charge in [-0.15, -0.1) is 0 Å². The molecule has 0 amide bonds. The Balaban J connectivity index is 2.42. The van der Waals surface area contributed by atoms with E-state index in [1.54, 1.807) is 24.3 Å². The van der Waals surface area contributed by atoms with Crippen molar-refractivity contribution in [2.24, 2.45) is 27.2 Å². The van der Waals surface area contributed by atoms with Crippen LogP contribution in [0, 0.1) is 5.82 Å². The lowest BCUT2D eigenvalue weighted by atomic mass is 10.0. The molecule has 0 aromatic heterocycles. The average Bonchev–Trinajstić information content (AvgIpc) is 2.47. The summed E-state index contributed by atoms with van der Waals surface area (Å²) >= 11 is 0. The maximum Gasteiger partial charge on any atom is 0.223 e. The van der Waals surface area contributed by atoms with Gasteiger partial charge in [0.05, 0.1) is 5.69 Å². The maximum absolute atomic E-state index is 12.9. The predicted octanol–water partition coefficient (Wildman–Crippen LogP) is 1.28. The Morgan fingerprint density at radius 1 is 0.955 bits per heavy atom. The number of halogens is 1. The molecule has 2 aromatic carbocycles. The summed E-state index contributed by atoms with van der Waals surface area (Å²) in [6, 6.07) is 11.8. The van der Waals surface area contributed by atoms with Crippen LogP contribution in [-0.2, 0) is 0 Å². The topological polar surface area (TPSA) is 120 Å². The Morgan fingerprint density at radius 3 is 2.23 bits per heavy atom. The number of guanidine groups is 2. The quantitative estimate of drug-likeness (QED) is 0.449. The Bertz CT molecular complexity index is 749. The third-order valence-electron chi connectivity index (χ3n) is 2.73. The summed E-state index contributed by atoms with van der Waals surface area (Å²) in [5.41, 5.74) is 17.0. The van der Waals surface area contributed by atoms with Crippen LogP contribution in [0.15, 0.2) is 58.5 Å². The first-order valence-electron chi connectivity index (χ1n) is 6.30. The summed E-state index contributed by atoms with van der Waals surface area (Å²) in [7, 11) is 0. The molecule has 7 heteroatoms. The molecule has 6 N–H and O–H groups in total. The summed E-state index contributed by atoms with van der Waals surface area (Å²) < 4.78 is 12.9. The molecular formula is C15H14FN5O. The number of rotatable bonds is 3. The first-order chi connectivity index (χ1) is 10.5. The van der Waals surface area contributed by atoms with Crippen LogP contribution in [0.25, 0.3) is 0 Å². The van der Waals surface area contributed by atoms with Gasteiger partial charge in [0.1, 0.15) is 5.82 Å². The minimum absolute atomic E-state index is 0.167. The molecule has 0 aliphatic carbocycles. The van der Waals surface area contributed by atoms with Gasteiger partial charge in [0, 0.05) is 11.1 Å². The SMILES string of the molecule is NC(N)=NC(N)=Nc1ccccc1C(=O)c1ccc(F)cc1. The maximum atomic E-state index is 12.9. The smallest absolute Gasteiger partial charge is 0.223 e. The standard InChI is InChI=1S/C15H14FN5O/c16-10-7-5-9(6-8-10)13(22)11-3-1-2-4-12(11)20-15(19)21-14(17)18/h1-8H,(H6,17,18,19,20,21).